The van der Waals surface area contributed by atoms with Crippen LogP contribution in [0.3, 0.4) is 0 Å². The van der Waals surface area contributed by atoms with Crippen LogP contribution < -0.4 is 15.4 Å². The maximum atomic E-state index is 6.50. The Morgan fingerprint density at radius 2 is 1.92 bits per heavy atom. The van der Waals surface area contributed by atoms with E-state index in [1.807, 2.05) is 42.5 Å². The van der Waals surface area contributed by atoms with Crippen molar-refractivity contribution in [2.24, 2.45) is 0 Å². The van der Waals surface area contributed by atoms with Crippen molar-refractivity contribution in [1.82, 2.24) is 10.6 Å². The Morgan fingerprint density at radius 3 is 2.56 bits per heavy atom. The Hall–Kier alpha value is -2.13. The molecule has 0 spiro atoms. The fourth-order valence-electron chi connectivity index (χ4n) is 2.99. The molecular formula is C21H25ClN2O. The van der Waals surface area contributed by atoms with Gasteiger partial charge in [-0.3, -0.25) is 0 Å². The lowest BCUT2D eigenvalue weighted by Gasteiger charge is -2.18. The molecule has 0 fully saturated rings. The third-order valence-electron chi connectivity index (χ3n) is 4.55. The van der Waals surface area contributed by atoms with Crippen molar-refractivity contribution < 1.29 is 4.74 Å². The summed E-state index contributed by atoms with van der Waals surface area (Å²) in [5.74, 6) is 1.56. The van der Waals surface area contributed by atoms with Crippen molar-refractivity contribution >= 4 is 11.6 Å². The summed E-state index contributed by atoms with van der Waals surface area (Å²) in [5.41, 5.74) is 3.51. The standard InChI is InChI=1S/C21H25ClN2O/c1-4-16-11-17(13-23-16)24-15(3)20-10-9-19(12-21(20)22)25-18-7-5-14(2)6-8-18/h5-10,12-13,15-16,23-24H,4,11H2,1-3H3/t15?,16-/m0/s1. The number of benzene rings is 2. The van der Waals surface area contributed by atoms with Crippen LogP contribution in [0.25, 0.3) is 0 Å². The first-order valence-electron chi connectivity index (χ1n) is 8.80. The highest BCUT2D eigenvalue weighted by atomic mass is 35.5. The molecule has 2 atom stereocenters. The van der Waals surface area contributed by atoms with Gasteiger partial charge in [0.15, 0.2) is 0 Å². The fraction of sp³-hybridized carbons (Fsp3) is 0.333. The van der Waals surface area contributed by atoms with Crippen LogP contribution in [0.4, 0.5) is 0 Å². The summed E-state index contributed by atoms with van der Waals surface area (Å²) in [7, 11) is 0. The van der Waals surface area contributed by atoms with Gasteiger partial charge in [0.25, 0.3) is 0 Å². The van der Waals surface area contributed by atoms with E-state index in [1.165, 1.54) is 11.3 Å². The zero-order valence-electron chi connectivity index (χ0n) is 15.0. The molecule has 0 bridgehead atoms. The van der Waals surface area contributed by atoms with Gasteiger partial charge in [0.1, 0.15) is 11.5 Å². The molecule has 0 amide bonds. The Bertz CT molecular complexity index is 755. The molecule has 0 saturated heterocycles. The highest BCUT2D eigenvalue weighted by Gasteiger charge is 2.18. The van der Waals surface area contributed by atoms with E-state index in [0.717, 1.165) is 29.9 Å². The molecule has 0 aliphatic carbocycles. The second-order valence-electron chi connectivity index (χ2n) is 6.61. The van der Waals surface area contributed by atoms with E-state index in [1.54, 1.807) is 0 Å². The molecule has 25 heavy (non-hydrogen) atoms. The van der Waals surface area contributed by atoms with Gasteiger partial charge in [0.2, 0.25) is 0 Å². The van der Waals surface area contributed by atoms with Crippen LogP contribution in [0.15, 0.2) is 54.4 Å². The van der Waals surface area contributed by atoms with Crippen LogP contribution in [0.1, 0.15) is 43.9 Å². The van der Waals surface area contributed by atoms with Gasteiger partial charge in [-0.15, -0.1) is 0 Å². The first kappa shape index (κ1) is 17.7. The number of nitrogens with one attached hydrogen (secondary N) is 2. The quantitative estimate of drug-likeness (QED) is 0.696. The minimum absolute atomic E-state index is 0.143. The second kappa shape index (κ2) is 7.83. The molecule has 1 unspecified atom stereocenters. The lowest BCUT2D eigenvalue weighted by molar-refractivity contribution is 0.482. The molecule has 132 valence electrons. The zero-order chi connectivity index (χ0) is 17.8. The van der Waals surface area contributed by atoms with Crippen molar-refractivity contribution in [2.45, 2.75) is 45.7 Å². The summed E-state index contributed by atoms with van der Waals surface area (Å²) >= 11 is 6.50. The molecule has 2 aromatic rings. The Balaban J connectivity index is 1.66. The van der Waals surface area contributed by atoms with Crippen LogP contribution >= 0.6 is 11.6 Å². The van der Waals surface area contributed by atoms with Gasteiger partial charge < -0.3 is 15.4 Å². The number of hydrogen-bond acceptors (Lipinski definition) is 3. The maximum Gasteiger partial charge on any atom is 0.128 e. The van der Waals surface area contributed by atoms with Gasteiger partial charge in [0.05, 0.1) is 0 Å². The van der Waals surface area contributed by atoms with Gasteiger partial charge in [-0.1, -0.05) is 42.3 Å². The molecule has 0 saturated carbocycles. The van der Waals surface area contributed by atoms with E-state index in [-0.39, 0.29) is 6.04 Å². The van der Waals surface area contributed by atoms with Gasteiger partial charge >= 0.3 is 0 Å². The van der Waals surface area contributed by atoms with E-state index < -0.39 is 0 Å². The fourth-order valence-corrected chi connectivity index (χ4v) is 3.32. The van der Waals surface area contributed by atoms with Crippen molar-refractivity contribution in [3.63, 3.8) is 0 Å². The topological polar surface area (TPSA) is 33.3 Å². The minimum atomic E-state index is 0.143. The predicted molar refractivity (Wildman–Crippen MR) is 104 cm³/mol. The number of halogens is 1. The SMILES string of the molecule is CC[C@H]1CC(NC(C)c2ccc(Oc3ccc(C)cc3)cc2Cl)=CN1. The number of ether oxygens (including phenoxy) is 1. The summed E-state index contributed by atoms with van der Waals surface area (Å²) in [6.07, 6.45) is 4.24. The molecule has 3 rings (SSSR count). The molecular weight excluding hydrogens is 332 g/mol. The van der Waals surface area contributed by atoms with Crippen LogP contribution in [0, 0.1) is 6.92 Å². The largest absolute Gasteiger partial charge is 0.457 e. The molecule has 1 aliphatic rings. The van der Waals surface area contributed by atoms with Crippen LogP contribution in [0.2, 0.25) is 5.02 Å². The summed E-state index contributed by atoms with van der Waals surface area (Å²) in [6, 6.07) is 14.6. The van der Waals surface area contributed by atoms with Crippen LogP contribution in [0.5, 0.6) is 11.5 Å². The van der Waals surface area contributed by atoms with E-state index in [9.17, 15) is 0 Å². The second-order valence-corrected chi connectivity index (χ2v) is 7.02. The van der Waals surface area contributed by atoms with Crippen molar-refractivity contribution in [1.29, 1.82) is 0 Å². The molecule has 1 aliphatic heterocycles. The normalized spacial score (nSPS) is 17.6. The Kier molecular flexibility index (Phi) is 5.54. The number of hydrogen-bond donors (Lipinski definition) is 2. The monoisotopic (exact) mass is 356 g/mol. The third-order valence-corrected chi connectivity index (χ3v) is 4.88. The van der Waals surface area contributed by atoms with Gasteiger partial charge in [-0.05, 0) is 50.1 Å². The first-order chi connectivity index (χ1) is 12.0. The minimum Gasteiger partial charge on any atom is -0.457 e. The smallest absolute Gasteiger partial charge is 0.128 e. The highest BCUT2D eigenvalue weighted by Crippen LogP contribution is 2.31. The van der Waals surface area contributed by atoms with Crippen molar-refractivity contribution in [3.8, 4) is 11.5 Å². The average molecular weight is 357 g/mol. The highest BCUT2D eigenvalue weighted by molar-refractivity contribution is 6.31. The van der Waals surface area contributed by atoms with E-state index in [4.69, 9.17) is 16.3 Å². The van der Waals surface area contributed by atoms with Gasteiger partial charge in [-0.25, -0.2) is 0 Å². The van der Waals surface area contributed by atoms with Crippen molar-refractivity contribution in [2.75, 3.05) is 0 Å². The van der Waals surface area contributed by atoms with E-state index in [0.29, 0.717) is 11.1 Å². The molecule has 0 radical (unpaired) electrons. The summed E-state index contributed by atoms with van der Waals surface area (Å²) in [5, 5.41) is 7.65. The van der Waals surface area contributed by atoms with Crippen LogP contribution in [-0.2, 0) is 0 Å². The molecule has 2 aromatic carbocycles. The molecule has 0 aromatic heterocycles. The maximum absolute atomic E-state index is 6.50. The molecule has 2 N–H and O–H groups in total. The van der Waals surface area contributed by atoms with E-state index in [2.05, 4.69) is 37.6 Å². The summed E-state index contributed by atoms with van der Waals surface area (Å²) in [6.45, 7) is 6.38. The third kappa shape index (κ3) is 4.49. The lowest BCUT2D eigenvalue weighted by atomic mass is 10.1. The van der Waals surface area contributed by atoms with E-state index >= 15 is 0 Å². The summed E-state index contributed by atoms with van der Waals surface area (Å²) < 4.78 is 5.88. The number of aryl methyl sites for hydroxylation is 1. The average Bonchev–Trinajstić information content (AvgIpc) is 3.04. The Morgan fingerprint density at radius 1 is 1.20 bits per heavy atom. The number of rotatable bonds is 6. The molecule has 4 heteroatoms. The molecule has 3 nitrogen and oxygen atoms in total. The van der Waals surface area contributed by atoms with Crippen LogP contribution in [-0.4, -0.2) is 6.04 Å². The summed E-state index contributed by atoms with van der Waals surface area (Å²) in [4.78, 5) is 0. The lowest BCUT2D eigenvalue weighted by Crippen LogP contribution is -2.20. The van der Waals surface area contributed by atoms with Gasteiger partial charge in [0, 0.05) is 35.4 Å². The van der Waals surface area contributed by atoms with Crippen molar-refractivity contribution in [3.05, 3.63) is 70.5 Å². The first-order valence-corrected chi connectivity index (χ1v) is 9.18. The zero-order valence-corrected chi connectivity index (χ0v) is 15.7. The van der Waals surface area contributed by atoms with Gasteiger partial charge in [-0.2, -0.15) is 0 Å². The molecule has 1 heterocycles. The Labute approximate surface area is 155 Å². The predicted octanol–water partition coefficient (Wildman–Crippen LogP) is 5.70.